The fourth-order valence-corrected chi connectivity index (χ4v) is 2.25. The second-order valence-corrected chi connectivity index (χ2v) is 4.61. The zero-order chi connectivity index (χ0) is 11.5. The third kappa shape index (κ3) is 2.09. The van der Waals surface area contributed by atoms with Crippen LogP contribution in [0.5, 0.6) is 0 Å². The lowest BCUT2D eigenvalue weighted by Crippen LogP contribution is -2.12. The van der Waals surface area contributed by atoms with Crippen LogP contribution >= 0.6 is 0 Å². The van der Waals surface area contributed by atoms with E-state index in [0.717, 1.165) is 24.0 Å². The molecule has 1 aromatic carbocycles. The normalized spacial score (nSPS) is 13.5. The summed E-state index contributed by atoms with van der Waals surface area (Å²) in [6, 6.07) is 6.44. The molecule has 1 atom stereocenters. The van der Waals surface area contributed by atoms with Gasteiger partial charge in [-0.05, 0) is 42.5 Å². The standard InChI is InChI=1S/C13H19N3/c1-9(2)11(5-6-14)10-3-4-12-13(7-10)16-8-15-12/h3-4,7-9,11H,5-6,14H2,1-2H3,(H,15,16). The maximum absolute atomic E-state index is 5.68. The Balaban J connectivity index is 2.35. The smallest absolute Gasteiger partial charge is 0.0931 e. The van der Waals surface area contributed by atoms with E-state index in [0.29, 0.717) is 11.8 Å². The third-order valence-electron chi connectivity index (χ3n) is 3.15. The first-order chi connectivity index (χ1) is 7.72. The lowest BCUT2D eigenvalue weighted by atomic mass is 9.86. The highest BCUT2D eigenvalue weighted by Crippen LogP contribution is 2.28. The Morgan fingerprint density at radius 3 is 2.88 bits per heavy atom. The third-order valence-corrected chi connectivity index (χ3v) is 3.15. The van der Waals surface area contributed by atoms with Gasteiger partial charge < -0.3 is 10.7 Å². The van der Waals surface area contributed by atoms with E-state index in [2.05, 4.69) is 42.0 Å². The van der Waals surface area contributed by atoms with Crippen molar-refractivity contribution in [1.82, 2.24) is 9.97 Å². The van der Waals surface area contributed by atoms with Crippen LogP contribution in [-0.2, 0) is 0 Å². The number of nitrogens with one attached hydrogen (secondary N) is 1. The molecule has 2 rings (SSSR count). The molecular weight excluding hydrogens is 198 g/mol. The number of H-pyrrole nitrogens is 1. The molecule has 0 aliphatic carbocycles. The van der Waals surface area contributed by atoms with Gasteiger partial charge in [-0.2, -0.15) is 0 Å². The fourth-order valence-electron chi connectivity index (χ4n) is 2.25. The largest absolute Gasteiger partial charge is 0.345 e. The minimum Gasteiger partial charge on any atom is -0.345 e. The maximum atomic E-state index is 5.68. The van der Waals surface area contributed by atoms with E-state index in [1.807, 2.05) is 0 Å². The molecule has 3 nitrogen and oxygen atoms in total. The molecular formula is C13H19N3. The first kappa shape index (κ1) is 11.1. The Labute approximate surface area is 96.1 Å². The van der Waals surface area contributed by atoms with Crippen LogP contribution in [-0.4, -0.2) is 16.5 Å². The summed E-state index contributed by atoms with van der Waals surface area (Å²) in [5.74, 6) is 1.15. The van der Waals surface area contributed by atoms with Crippen LogP contribution in [0.4, 0.5) is 0 Å². The Morgan fingerprint density at radius 2 is 2.19 bits per heavy atom. The van der Waals surface area contributed by atoms with Crippen molar-refractivity contribution < 1.29 is 0 Å². The summed E-state index contributed by atoms with van der Waals surface area (Å²) in [6.07, 6.45) is 2.78. The summed E-state index contributed by atoms with van der Waals surface area (Å²) in [6.45, 7) is 5.23. The van der Waals surface area contributed by atoms with Crippen molar-refractivity contribution in [2.24, 2.45) is 11.7 Å². The summed E-state index contributed by atoms with van der Waals surface area (Å²) in [5.41, 5.74) is 9.17. The molecule has 0 aliphatic rings. The number of rotatable bonds is 4. The second-order valence-electron chi connectivity index (χ2n) is 4.61. The number of fused-ring (bicyclic) bond motifs is 1. The number of aromatic amines is 1. The topological polar surface area (TPSA) is 54.7 Å². The van der Waals surface area contributed by atoms with Gasteiger partial charge in [-0.3, -0.25) is 0 Å². The van der Waals surface area contributed by atoms with Gasteiger partial charge >= 0.3 is 0 Å². The van der Waals surface area contributed by atoms with Crippen LogP contribution in [0.2, 0.25) is 0 Å². The Kier molecular flexibility index (Phi) is 3.25. The molecule has 0 saturated carbocycles. The zero-order valence-electron chi connectivity index (χ0n) is 9.90. The van der Waals surface area contributed by atoms with Crippen molar-refractivity contribution in [3.8, 4) is 0 Å². The molecule has 0 bridgehead atoms. The molecule has 1 heterocycles. The lowest BCUT2D eigenvalue weighted by Gasteiger charge is -2.20. The number of imidazole rings is 1. The van der Waals surface area contributed by atoms with Crippen molar-refractivity contribution in [1.29, 1.82) is 0 Å². The molecule has 16 heavy (non-hydrogen) atoms. The van der Waals surface area contributed by atoms with Gasteiger partial charge in [0.25, 0.3) is 0 Å². The van der Waals surface area contributed by atoms with Crippen LogP contribution in [0.3, 0.4) is 0 Å². The Hall–Kier alpha value is -1.35. The molecule has 1 aromatic heterocycles. The number of nitrogens with two attached hydrogens (primary N) is 1. The van der Waals surface area contributed by atoms with Crippen molar-refractivity contribution in [3.63, 3.8) is 0 Å². The van der Waals surface area contributed by atoms with E-state index < -0.39 is 0 Å². The van der Waals surface area contributed by atoms with Crippen molar-refractivity contribution >= 4 is 11.0 Å². The summed E-state index contributed by atoms with van der Waals surface area (Å²) in [5, 5.41) is 0. The summed E-state index contributed by atoms with van der Waals surface area (Å²) in [7, 11) is 0. The molecule has 0 aliphatic heterocycles. The average molecular weight is 217 g/mol. The number of benzene rings is 1. The minimum absolute atomic E-state index is 0.540. The Bertz CT molecular complexity index is 459. The maximum Gasteiger partial charge on any atom is 0.0931 e. The first-order valence-corrected chi connectivity index (χ1v) is 5.85. The molecule has 1 unspecified atom stereocenters. The van der Waals surface area contributed by atoms with Gasteiger partial charge in [0.2, 0.25) is 0 Å². The molecule has 3 N–H and O–H groups in total. The van der Waals surface area contributed by atoms with E-state index in [1.165, 1.54) is 5.56 Å². The highest BCUT2D eigenvalue weighted by Gasteiger charge is 2.15. The number of hydrogen-bond donors (Lipinski definition) is 2. The van der Waals surface area contributed by atoms with Gasteiger partial charge in [0.05, 0.1) is 17.4 Å². The predicted molar refractivity (Wildman–Crippen MR) is 67.3 cm³/mol. The molecule has 3 heteroatoms. The van der Waals surface area contributed by atoms with Crippen molar-refractivity contribution in [2.75, 3.05) is 6.54 Å². The quantitative estimate of drug-likeness (QED) is 0.827. The SMILES string of the molecule is CC(C)C(CCN)c1ccc2nc[nH]c2c1. The number of aromatic nitrogens is 2. The monoisotopic (exact) mass is 217 g/mol. The van der Waals surface area contributed by atoms with E-state index >= 15 is 0 Å². The summed E-state index contributed by atoms with van der Waals surface area (Å²) < 4.78 is 0. The fraction of sp³-hybridized carbons (Fsp3) is 0.462. The van der Waals surface area contributed by atoms with Crippen LogP contribution in [0.1, 0.15) is 31.7 Å². The predicted octanol–water partition coefficient (Wildman–Crippen LogP) is 2.65. The second kappa shape index (κ2) is 4.66. The zero-order valence-corrected chi connectivity index (χ0v) is 9.90. The van der Waals surface area contributed by atoms with Crippen LogP contribution in [0.25, 0.3) is 11.0 Å². The minimum atomic E-state index is 0.540. The van der Waals surface area contributed by atoms with E-state index in [1.54, 1.807) is 6.33 Å². The molecule has 0 saturated heterocycles. The van der Waals surface area contributed by atoms with E-state index in [4.69, 9.17) is 5.73 Å². The van der Waals surface area contributed by atoms with Gasteiger partial charge in [0, 0.05) is 0 Å². The molecule has 2 aromatic rings. The van der Waals surface area contributed by atoms with Crippen LogP contribution in [0, 0.1) is 5.92 Å². The van der Waals surface area contributed by atoms with Gasteiger partial charge in [-0.25, -0.2) is 4.98 Å². The van der Waals surface area contributed by atoms with Gasteiger partial charge in [0.1, 0.15) is 0 Å². The van der Waals surface area contributed by atoms with Gasteiger partial charge in [-0.1, -0.05) is 19.9 Å². The van der Waals surface area contributed by atoms with Crippen molar-refractivity contribution in [2.45, 2.75) is 26.2 Å². The van der Waals surface area contributed by atoms with Gasteiger partial charge in [0.15, 0.2) is 0 Å². The first-order valence-electron chi connectivity index (χ1n) is 5.85. The van der Waals surface area contributed by atoms with E-state index in [-0.39, 0.29) is 0 Å². The summed E-state index contributed by atoms with van der Waals surface area (Å²) >= 11 is 0. The molecule has 0 amide bonds. The number of nitrogens with zero attached hydrogens (tertiary/aromatic N) is 1. The lowest BCUT2D eigenvalue weighted by molar-refractivity contribution is 0.473. The molecule has 0 fully saturated rings. The van der Waals surface area contributed by atoms with Crippen molar-refractivity contribution in [3.05, 3.63) is 30.1 Å². The summed E-state index contributed by atoms with van der Waals surface area (Å²) in [4.78, 5) is 7.38. The van der Waals surface area contributed by atoms with Crippen LogP contribution in [0.15, 0.2) is 24.5 Å². The molecule has 86 valence electrons. The number of hydrogen-bond acceptors (Lipinski definition) is 2. The highest BCUT2D eigenvalue weighted by atomic mass is 14.9. The van der Waals surface area contributed by atoms with Crippen LogP contribution < -0.4 is 5.73 Å². The molecule has 0 radical (unpaired) electrons. The Morgan fingerprint density at radius 1 is 1.38 bits per heavy atom. The molecule has 0 spiro atoms. The van der Waals surface area contributed by atoms with E-state index in [9.17, 15) is 0 Å². The van der Waals surface area contributed by atoms with Gasteiger partial charge in [-0.15, -0.1) is 0 Å². The average Bonchev–Trinajstić information content (AvgIpc) is 2.72. The highest BCUT2D eigenvalue weighted by molar-refractivity contribution is 5.75.